The van der Waals surface area contributed by atoms with Gasteiger partial charge in [-0.1, -0.05) is 23.5 Å². The van der Waals surface area contributed by atoms with Gasteiger partial charge in [0.05, 0.1) is 16.8 Å². The van der Waals surface area contributed by atoms with Crippen molar-refractivity contribution in [1.82, 2.24) is 9.97 Å². The molecule has 4 rings (SSSR count). The fourth-order valence-corrected chi connectivity index (χ4v) is 3.63. The number of thiazole rings is 1. The number of aromatic nitrogens is 2. The van der Waals surface area contributed by atoms with E-state index >= 15 is 0 Å². The highest BCUT2D eigenvalue weighted by molar-refractivity contribution is 7.22. The van der Waals surface area contributed by atoms with Crippen LogP contribution in [0.15, 0.2) is 67.0 Å². The second-order valence-corrected chi connectivity index (χ2v) is 7.21. The molecule has 0 aliphatic heterocycles. The van der Waals surface area contributed by atoms with Crippen LogP contribution in [0.1, 0.15) is 22.8 Å². The third-order valence-corrected chi connectivity index (χ3v) is 5.12. The Hall–Kier alpha value is -3.45. The van der Waals surface area contributed by atoms with Crippen LogP contribution in [0.4, 0.5) is 5.13 Å². The Kier molecular flexibility index (Phi) is 5.67. The zero-order valence-electron chi connectivity index (χ0n) is 15.8. The first kappa shape index (κ1) is 18.9. The molecule has 0 saturated carbocycles. The minimum atomic E-state index is -0.245. The van der Waals surface area contributed by atoms with E-state index in [1.165, 1.54) is 11.3 Å². The van der Waals surface area contributed by atoms with Crippen molar-refractivity contribution in [3.8, 4) is 11.5 Å². The van der Waals surface area contributed by atoms with Crippen molar-refractivity contribution < 1.29 is 14.3 Å². The Balaban J connectivity index is 1.50. The van der Waals surface area contributed by atoms with Gasteiger partial charge in [0.2, 0.25) is 0 Å². The summed E-state index contributed by atoms with van der Waals surface area (Å²) < 4.78 is 12.6. The van der Waals surface area contributed by atoms with Gasteiger partial charge in [0.1, 0.15) is 6.61 Å². The molecule has 6 nitrogen and oxygen atoms in total. The van der Waals surface area contributed by atoms with Crippen LogP contribution >= 0.6 is 11.3 Å². The van der Waals surface area contributed by atoms with E-state index in [9.17, 15) is 4.79 Å². The molecule has 0 radical (unpaired) electrons. The van der Waals surface area contributed by atoms with E-state index in [1.807, 2.05) is 43.3 Å². The second-order valence-electron chi connectivity index (χ2n) is 6.18. The summed E-state index contributed by atoms with van der Waals surface area (Å²) in [6, 6.07) is 16.7. The summed E-state index contributed by atoms with van der Waals surface area (Å²) >= 11 is 1.44. The van der Waals surface area contributed by atoms with Crippen LogP contribution in [0.5, 0.6) is 11.5 Å². The topological polar surface area (TPSA) is 73.3 Å². The van der Waals surface area contributed by atoms with Crippen LogP contribution in [-0.2, 0) is 6.61 Å². The molecule has 0 aliphatic carbocycles. The number of rotatable bonds is 7. The largest absolute Gasteiger partial charge is 0.490 e. The highest BCUT2D eigenvalue weighted by Crippen LogP contribution is 2.30. The van der Waals surface area contributed by atoms with Crippen molar-refractivity contribution in [2.75, 3.05) is 11.9 Å². The van der Waals surface area contributed by atoms with Gasteiger partial charge in [0.15, 0.2) is 16.6 Å². The van der Waals surface area contributed by atoms with E-state index in [4.69, 9.17) is 9.47 Å². The molecule has 0 aliphatic rings. The normalized spacial score (nSPS) is 10.7. The molecule has 1 amide bonds. The van der Waals surface area contributed by atoms with Crippen molar-refractivity contribution in [1.29, 1.82) is 0 Å². The summed E-state index contributed by atoms with van der Waals surface area (Å²) in [5, 5.41) is 3.42. The summed E-state index contributed by atoms with van der Waals surface area (Å²) in [6.45, 7) is 2.74. The van der Waals surface area contributed by atoms with E-state index in [0.717, 1.165) is 15.8 Å². The number of carbonyl (C=O) groups excluding carboxylic acids is 1. The van der Waals surface area contributed by atoms with E-state index in [-0.39, 0.29) is 5.91 Å². The van der Waals surface area contributed by atoms with Crippen LogP contribution < -0.4 is 14.8 Å². The van der Waals surface area contributed by atoms with Crippen LogP contribution in [0.3, 0.4) is 0 Å². The summed E-state index contributed by atoms with van der Waals surface area (Å²) in [5.41, 5.74) is 2.34. The van der Waals surface area contributed by atoms with Gasteiger partial charge in [0, 0.05) is 18.0 Å². The summed E-state index contributed by atoms with van der Waals surface area (Å²) in [7, 11) is 0. The number of fused-ring (bicyclic) bond motifs is 1. The lowest BCUT2D eigenvalue weighted by atomic mass is 10.2. The Bertz CT molecular complexity index is 1100. The SMILES string of the molecule is CCOc1cc(C(=O)Nc2nc3ccccc3s2)ccc1OCc1ccncc1. The Morgan fingerprint density at radius 1 is 1.03 bits per heavy atom. The van der Waals surface area contributed by atoms with Crippen molar-refractivity contribution in [3.05, 3.63) is 78.1 Å². The number of pyridine rings is 1. The van der Waals surface area contributed by atoms with Gasteiger partial charge in [-0.3, -0.25) is 15.1 Å². The van der Waals surface area contributed by atoms with Gasteiger partial charge in [-0.2, -0.15) is 0 Å². The molecule has 0 atom stereocenters. The lowest BCUT2D eigenvalue weighted by molar-refractivity contribution is 0.102. The first-order chi connectivity index (χ1) is 14.2. The average Bonchev–Trinajstić information content (AvgIpc) is 3.16. The highest BCUT2D eigenvalue weighted by Gasteiger charge is 2.14. The van der Waals surface area contributed by atoms with Crippen LogP contribution in [0.2, 0.25) is 0 Å². The zero-order chi connectivity index (χ0) is 20.1. The Morgan fingerprint density at radius 2 is 1.86 bits per heavy atom. The molecule has 0 unspecified atom stereocenters. The maximum absolute atomic E-state index is 12.7. The number of nitrogens with one attached hydrogen (secondary N) is 1. The molecular formula is C22H19N3O3S. The highest BCUT2D eigenvalue weighted by atomic mass is 32.1. The van der Waals surface area contributed by atoms with Crippen molar-refractivity contribution in [3.63, 3.8) is 0 Å². The lowest BCUT2D eigenvalue weighted by Gasteiger charge is -2.13. The molecule has 2 aromatic carbocycles. The number of ether oxygens (including phenoxy) is 2. The molecule has 0 spiro atoms. The van der Waals surface area contributed by atoms with Gasteiger partial charge in [-0.25, -0.2) is 4.98 Å². The molecule has 0 bridgehead atoms. The first-order valence-electron chi connectivity index (χ1n) is 9.18. The predicted octanol–water partition coefficient (Wildman–Crippen LogP) is 4.92. The van der Waals surface area contributed by atoms with Crippen LogP contribution in [0, 0.1) is 0 Å². The van der Waals surface area contributed by atoms with Gasteiger partial charge >= 0.3 is 0 Å². The molecule has 29 heavy (non-hydrogen) atoms. The number of nitrogens with zero attached hydrogens (tertiary/aromatic N) is 2. The fourth-order valence-electron chi connectivity index (χ4n) is 2.77. The zero-order valence-corrected chi connectivity index (χ0v) is 16.6. The Morgan fingerprint density at radius 3 is 2.66 bits per heavy atom. The Labute approximate surface area is 172 Å². The van der Waals surface area contributed by atoms with Crippen molar-refractivity contribution >= 4 is 32.6 Å². The number of hydrogen-bond acceptors (Lipinski definition) is 6. The average molecular weight is 405 g/mol. The summed E-state index contributed by atoms with van der Waals surface area (Å²) in [4.78, 5) is 21.1. The monoisotopic (exact) mass is 405 g/mol. The third-order valence-electron chi connectivity index (χ3n) is 4.16. The van der Waals surface area contributed by atoms with Crippen molar-refractivity contribution in [2.45, 2.75) is 13.5 Å². The van der Waals surface area contributed by atoms with Gasteiger partial charge < -0.3 is 9.47 Å². The number of benzene rings is 2. The van der Waals surface area contributed by atoms with Crippen LogP contribution in [-0.4, -0.2) is 22.5 Å². The standard InChI is InChI=1S/C22H19N3O3S/c1-2-27-19-13-16(7-8-18(19)28-14-15-9-11-23-12-10-15)21(26)25-22-24-17-5-3-4-6-20(17)29-22/h3-13H,2,14H2,1H3,(H,24,25,26). The van der Waals surface area contributed by atoms with Crippen molar-refractivity contribution in [2.24, 2.45) is 0 Å². The minimum Gasteiger partial charge on any atom is -0.490 e. The van der Waals surface area contributed by atoms with E-state index in [0.29, 0.717) is 35.4 Å². The lowest BCUT2D eigenvalue weighted by Crippen LogP contribution is -2.12. The number of para-hydroxylation sites is 1. The van der Waals surface area contributed by atoms with Crippen LogP contribution in [0.25, 0.3) is 10.2 Å². The predicted molar refractivity (Wildman–Crippen MR) is 114 cm³/mol. The smallest absolute Gasteiger partial charge is 0.257 e. The maximum Gasteiger partial charge on any atom is 0.257 e. The fraction of sp³-hybridized carbons (Fsp3) is 0.136. The van der Waals surface area contributed by atoms with E-state index in [2.05, 4.69) is 15.3 Å². The minimum absolute atomic E-state index is 0.245. The molecule has 7 heteroatoms. The molecule has 4 aromatic rings. The second kappa shape index (κ2) is 8.70. The molecule has 0 saturated heterocycles. The molecular weight excluding hydrogens is 386 g/mol. The number of amides is 1. The number of carbonyl (C=O) groups is 1. The van der Waals surface area contributed by atoms with Gasteiger partial charge in [0.25, 0.3) is 5.91 Å². The van der Waals surface area contributed by atoms with Gasteiger partial charge in [-0.05, 0) is 55.0 Å². The third kappa shape index (κ3) is 4.52. The van der Waals surface area contributed by atoms with E-state index in [1.54, 1.807) is 30.6 Å². The molecule has 1 N–H and O–H groups in total. The summed E-state index contributed by atoms with van der Waals surface area (Å²) in [5.74, 6) is 0.865. The molecule has 146 valence electrons. The number of hydrogen-bond donors (Lipinski definition) is 1. The maximum atomic E-state index is 12.7. The first-order valence-corrected chi connectivity index (χ1v) is 10.00. The summed E-state index contributed by atoms with van der Waals surface area (Å²) in [6.07, 6.45) is 3.44. The molecule has 0 fully saturated rings. The number of anilines is 1. The quantitative estimate of drug-likeness (QED) is 0.472. The van der Waals surface area contributed by atoms with E-state index < -0.39 is 0 Å². The molecule has 2 heterocycles. The molecule has 2 aromatic heterocycles. The van der Waals surface area contributed by atoms with Gasteiger partial charge in [-0.15, -0.1) is 0 Å².